The van der Waals surface area contributed by atoms with Crippen LogP contribution in [-0.4, -0.2) is 29.3 Å². The summed E-state index contributed by atoms with van der Waals surface area (Å²) in [5.41, 5.74) is 0. The summed E-state index contributed by atoms with van der Waals surface area (Å²) in [6, 6.07) is 2.45. The minimum absolute atomic E-state index is 0.00654. The van der Waals surface area contributed by atoms with Crippen molar-refractivity contribution in [3.63, 3.8) is 0 Å². The van der Waals surface area contributed by atoms with Gasteiger partial charge in [0.15, 0.2) is 0 Å². The molecule has 0 aliphatic carbocycles. The topological polar surface area (TPSA) is 114 Å². The highest BCUT2D eigenvalue weighted by Gasteiger charge is 2.24. The van der Waals surface area contributed by atoms with E-state index in [1.807, 2.05) is 0 Å². The van der Waals surface area contributed by atoms with Crippen molar-refractivity contribution >= 4 is 21.8 Å². The van der Waals surface area contributed by atoms with Crippen LogP contribution in [0.4, 0.5) is 5.82 Å². The van der Waals surface area contributed by atoms with Gasteiger partial charge in [0.25, 0.3) is 10.0 Å². The van der Waals surface area contributed by atoms with Gasteiger partial charge in [-0.25, -0.2) is 13.2 Å². The molecule has 0 unspecified atom stereocenters. The predicted octanol–water partition coefficient (Wildman–Crippen LogP) is 0.821. The van der Waals surface area contributed by atoms with Crippen molar-refractivity contribution < 1.29 is 22.7 Å². The van der Waals surface area contributed by atoms with Gasteiger partial charge in [-0.2, -0.15) is 5.10 Å². The van der Waals surface area contributed by atoms with Crippen LogP contribution in [0.15, 0.2) is 27.6 Å². The number of aromatic nitrogens is 2. The number of rotatable bonds is 4. The molecule has 0 aromatic carbocycles. The van der Waals surface area contributed by atoms with Crippen molar-refractivity contribution in [2.45, 2.75) is 11.8 Å². The maximum atomic E-state index is 12.1. The van der Waals surface area contributed by atoms with E-state index in [1.54, 1.807) is 7.05 Å². The van der Waals surface area contributed by atoms with Crippen molar-refractivity contribution in [3.05, 3.63) is 29.9 Å². The molecule has 0 saturated carbocycles. The van der Waals surface area contributed by atoms with Crippen LogP contribution in [0.25, 0.3) is 0 Å². The minimum atomic E-state index is -3.92. The third-order valence-corrected chi connectivity index (χ3v) is 3.89. The Labute approximate surface area is 108 Å². The van der Waals surface area contributed by atoms with Gasteiger partial charge in [-0.3, -0.25) is 9.40 Å². The molecule has 0 spiro atoms. The molecule has 0 atom stereocenters. The normalized spacial score (nSPS) is 11.5. The Morgan fingerprint density at radius 3 is 2.68 bits per heavy atom. The minimum Gasteiger partial charge on any atom is -0.475 e. The zero-order valence-electron chi connectivity index (χ0n) is 10.1. The van der Waals surface area contributed by atoms with E-state index >= 15 is 0 Å². The largest absolute Gasteiger partial charge is 0.475 e. The number of hydrogen-bond donors (Lipinski definition) is 2. The molecule has 19 heavy (non-hydrogen) atoms. The van der Waals surface area contributed by atoms with E-state index in [9.17, 15) is 13.2 Å². The Balaban J connectivity index is 2.40. The number of nitrogens with one attached hydrogen (secondary N) is 1. The number of hydrogen-bond acceptors (Lipinski definition) is 5. The summed E-state index contributed by atoms with van der Waals surface area (Å²) < 4.78 is 32.7. The van der Waals surface area contributed by atoms with Crippen LogP contribution in [-0.2, 0) is 17.1 Å². The second-order valence-corrected chi connectivity index (χ2v) is 5.43. The molecule has 2 rings (SSSR count). The quantitative estimate of drug-likeness (QED) is 0.859. The Morgan fingerprint density at radius 1 is 1.53 bits per heavy atom. The van der Waals surface area contributed by atoms with E-state index in [0.29, 0.717) is 0 Å². The monoisotopic (exact) mass is 285 g/mol. The average molecular weight is 285 g/mol. The molecule has 0 amide bonds. The molecule has 8 nitrogen and oxygen atoms in total. The molecular weight excluding hydrogens is 274 g/mol. The smallest absolute Gasteiger partial charge is 0.371 e. The number of furan rings is 1. The lowest BCUT2D eigenvalue weighted by molar-refractivity contribution is 0.0661. The lowest BCUT2D eigenvalue weighted by Gasteiger charge is -2.06. The molecule has 102 valence electrons. The number of carbonyl (C=O) groups is 1. The van der Waals surface area contributed by atoms with Gasteiger partial charge in [0.2, 0.25) is 5.76 Å². The average Bonchev–Trinajstić information content (AvgIpc) is 2.86. The molecule has 2 aromatic heterocycles. The maximum Gasteiger partial charge on any atom is 0.371 e. The van der Waals surface area contributed by atoms with Crippen molar-refractivity contribution in [2.75, 3.05) is 4.72 Å². The standard InChI is InChI=1S/C10H11N3O5S/c1-6-8(5-7(18-6)10(14)15)19(16,17)12-9-3-4-11-13(9)2/h3-5,12H,1-2H3,(H,14,15). The Hall–Kier alpha value is -2.29. The second kappa shape index (κ2) is 4.43. The summed E-state index contributed by atoms with van der Waals surface area (Å²) >= 11 is 0. The van der Waals surface area contributed by atoms with Crippen molar-refractivity contribution in [2.24, 2.45) is 7.05 Å². The highest BCUT2D eigenvalue weighted by Crippen LogP contribution is 2.22. The van der Waals surface area contributed by atoms with Crippen LogP contribution in [0.1, 0.15) is 16.3 Å². The molecule has 0 aliphatic rings. The first-order valence-corrected chi connectivity index (χ1v) is 6.64. The summed E-state index contributed by atoms with van der Waals surface area (Å²) in [6.07, 6.45) is 1.43. The van der Waals surface area contributed by atoms with Gasteiger partial charge >= 0.3 is 5.97 Å². The lowest BCUT2D eigenvalue weighted by atomic mass is 10.4. The van der Waals surface area contributed by atoms with E-state index in [1.165, 1.54) is 23.9 Å². The van der Waals surface area contributed by atoms with Gasteiger partial charge in [-0.1, -0.05) is 0 Å². The summed E-state index contributed by atoms with van der Waals surface area (Å²) in [5.74, 6) is -1.49. The number of carboxylic acid groups (broad SMARTS) is 1. The molecule has 2 heterocycles. The first-order chi connectivity index (χ1) is 8.81. The van der Waals surface area contributed by atoms with E-state index < -0.39 is 21.8 Å². The molecule has 0 bridgehead atoms. The first-order valence-electron chi connectivity index (χ1n) is 5.16. The van der Waals surface area contributed by atoms with Crippen molar-refractivity contribution in [1.29, 1.82) is 0 Å². The molecule has 0 fully saturated rings. The third-order valence-electron chi connectivity index (χ3n) is 2.43. The second-order valence-electron chi connectivity index (χ2n) is 3.78. The van der Waals surface area contributed by atoms with Crippen LogP contribution in [0.2, 0.25) is 0 Å². The van der Waals surface area contributed by atoms with Crippen molar-refractivity contribution in [3.8, 4) is 0 Å². The molecule has 0 aliphatic heterocycles. The fraction of sp³-hybridized carbons (Fsp3) is 0.200. The van der Waals surface area contributed by atoms with Crippen LogP contribution in [0.5, 0.6) is 0 Å². The van der Waals surface area contributed by atoms with E-state index in [4.69, 9.17) is 9.52 Å². The molecule has 9 heteroatoms. The fourth-order valence-corrected chi connectivity index (χ4v) is 2.77. The molecule has 2 N–H and O–H groups in total. The number of nitrogens with zero attached hydrogens (tertiary/aromatic N) is 2. The summed E-state index contributed by atoms with van der Waals surface area (Å²) in [7, 11) is -2.34. The first kappa shape index (κ1) is 13.1. The van der Waals surface area contributed by atoms with Gasteiger partial charge in [-0.05, 0) is 6.92 Å². The van der Waals surface area contributed by atoms with E-state index in [2.05, 4.69) is 9.82 Å². The van der Waals surface area contributed by atoms with Gasteiger partial charge in [0.1, 0.15) is 16.5 Å². The highest BCUT2D eigenvalue weighted by molar-refractivity contribution is 7.92. The van der Waals surface area contributed by atoms with E-state index in [0.717, 1.165) is 6.07 Å². The number of aromatic carboxylic acids is 1. The summed E-state index contributed by atoms with van der Waals surface area (Å²) in [4.78, 5) is 10.5. The Kier molecular flexibility index (Phi) is 3.06. The number of aryl methyl sites for hydroxylation is 2. The van der Waals surface area contributed by atoms with Gasteiger partial charge in [-0.15, -0.1) is 0 Å². The van der Waals surface area contributed by atoms with Crippen LogP contribution in [0, 0.1) is 6.92 Å². The molecule has 0 radical (unpaired) electrons. The van der Waals surface area contributed by atoms with Crippen LogP contribution >= 0.6 is 0 Å². The fourth-order valence-electron chi connectivity index (χ4n) is 1.50. The SMILES string of the molecule is Cc1oc(C(=O)O)cc1S(=O)(=O)Nc1ccnn1C. The zero-order chi connectivity index (χ0) is 14.2. The van der Waals surface area contributed by atoms with Crippen LogP contribution < -0.4 is 4.72 Å². The van der Waals surface area contributed by atoms with Gasteiger partial charge < -0.3 is 9.52 Å². The van der Waals surface area contributed by atoms with Gasteiger partial charge in [0, 0.05) is 19.2 Å². The lowest BCUT2D eigenvalue weighted by Crippen LogP contribution is -2.15. The van der Waals surface area contributed by atoms with Gasteiger partial charge in [0.05, 0.1) is 6.20 Å². The number of carboxylic acids is 1. The Morgan fingerprint density at radius 2 is 2.21 bits per heavy atom. The summed E-state index contributed by atoms with van der Waals surface area (Å²) in [6.45, 7) is 1.38. The molecule has 2 aromatic rings. The van der Waals surface area contributed by atoms with E-state index in [-0.39, 0.29) is 16.5 Å². The molecule has 0 saturated heterocycles. The predicted molar refractivity (Wildman–Crippen MR) is 64.4 cm³/mol. The third kappa shape index (κ3) is 2.45. The number of sulfonamides is 1. The van der Waals surface area contributed by atoms with Crippen LogP contribution in [0.3, 0.4) is 0 Å². The number of anilines is 1. The van der Waals surface area contributed by atoms with Crippen molar-refractivity contribution in [1.82, 2.24) is 9.78 Å². The maximum absolute atomic E-state index is 12.1. The Bertz CT molecular complexity index is 728. The molecular formula is C10H11N3O5S. The summed E-state index contributed by atoms with van der Waals surface area (Å²) in [5, 5.41) is 12.6. The highest BCUT2D eigenvalue weighted by atomic mass is 32.2. The zero-order valence-corrected chi connectivity index (χ0v) is 10.9.